The summed E-state index contributed by atoms with van der Waals surface area (Å²) in [7, 11) is 0. The van der Waals surface area contributed by atoms with E-state index in [2.05, 4.69) is 0 Å². The maximum atomic E-state index is 12.1. The maximum absolute atomic E-state index is 12.1. The first kappa shape index (κ1) is 8.84. The quantitative estimate of drug-likeness (QED) is 0.577. The van der Waals surface area contributed by atoms with Crippen LogP contribution < -0.4 is 0 Å². The van der Waals surface area contributed by atoms with Crippen LogP contribution in [-0.4, -0.2) is 29.7 Å². The van der Waals surface area contributed by atoms with Crippen molar-refractivity contribution < 1.29 is 13.2 Å². The Morgan fingerprint density at radius 2 is 1.91 bits per heavy atom. The minimum atomic E-state index is -4.03. The molecular weight excluding hydrogens is 155 g/mol. The van der Waals surface area contributed by atoms with Gasteiger partial charge < -0.3 is 0 Å². The van der Waals surface area contributed by atoms with Gasteiger partial charge in [0.2, 0.25) is 0 Å². The van der Waals surface area contributed by atoms with Crippen LogP contribution in [0.1, 0.15) is 20.3 Å². The van der Waals surface area contributed by atoms with Gasteiger partial charge in [-0.2, -0.15) is 13.2 Å². The van der Waals surface area contributed by atoms with Crippen molar-refractivity contribution in [2.45, 2.75) is 38.5 Å². The summed E-state index contributed by atoms with van der Waals surface area (Å²) in [6.07, 6.45) is -3.76. The largest absolute Gasteiger partial charge is 0.404 e. The van der Waals surface area contributed by atoms with Crippen molar-refractivity contribution in [3.8, 4) is 0 Å². The molecule has 1 aliphatic heterocycles. The van der Waals surface area contributed by atoms with Gasteiger partial charge in [-0.3, -0.25) is 4.90 Å². The van der Waals surface area contributed by atoms with E-state index in [1.54, 1.807) is 13.8 Å². The summed E-state index contributed by atoms with van der Waals surface area (Å²) in [6.45, 7) is 4.16. The molecule has 0 N–H and O–H groups in total. The third-order valence-corrected chi connectivity index (χ3v) is 2.10. The van der Waals surface area contributed by atoms with Crippen LogP contribution in [0.2, 0.25) is 0 Å². The SMILES string of the molecule is CC(C)N1CC[C@H]1C(F)(F)F. The summed E-state index contributed by atoms with van der Waals surface area (Å²) in [6, 6.07) is -1.17. The number of nitrogens with zero attached hydrogens (tertiary/aromatic N) is 1. The molecule has 1 aliphatic rings. The Kier molecular flexibility index (Phi) is 2.14. The molecule has 0 radical (unpaired) electrons. The van der Waals surface area contributed by atoms with Gasteiger partial charge in [0.15, 0.2) is 0 Å². The Labute approximate surface area is 64.2 Å². The average Bonchev–Trinajstić information content (AvgIpc) is 1.51. The molecular formula is C7H12F3N. The minimum Gasteiger partial charge on any atom is -0.290 e. The van der Waals surface area contributed by atoms with Gasteiger partial charge in [-0.25, -0.2) is 0 Å². The van der Waals surface area contributed by atoms with Crippen LogP contribution in [0, 0.1) is 0 Å². The zero-order valence-electron chi connectivity index (χ0n) is 6.65. The molecule has 0 saturated carbocycles. The number of likely N-dealkylation sites (tertiary alicyclic amines) is 1. The molecule has 0 amide bonds. The minimum absolute atomic E-state index is 0.00961. The lowest BCUT2D eigenvalue weighted by atomic mass is 10.0. The molecule has 0 aromatic heterocycles. The number of hydrogen-bond donors (Lipinski definition) is 0. The molecule has 66 valence electrons. The average molecular weight is 167 g/mol. The molecule has 1 rings (SSSR count). The summed E-state index contributed by atoms with van der Waals surface area (Å²) < 4.78 is 36.2. The zero-order valence-corrected chi connectivity index (χ0v) is 6.65. The molecule has 0 unspecified atom stereocenters. The van der Waals surface area contributed by atoms with Crippen LogP contribution >= 0.6 is 0 Å². The second-order valence-corrected chi connectivity index (χ2v) is 3.18. The highest BCUT2D eigenvalue weighted by molar-refractivity contribution is 4.89. The van der Waals surface area contributed by atoms with Gasteiger partial charge in [0.05, 0.1) is 0 Å². The van der Waals surface area contributed by atoms with E-state index >= 15 is 0 Å². The summed E-state index contributed by atoms with van der Waals surface area (Å²) in [4.78, 5) is 1.47. The molecule has 1 fully saturated rings. The fraction of sp³-hybridized carbons (Fsp3) is 1.00. The molecule has 0 spiro atoms. The van der Waals surface area contributed by atoms with Gasteiger partial charge in [0.1, 0.15) is 6.04 Å². The first-order chi connectivity index (χ1) is 4.93. The Hall–Kier alpha value is -0.250. The molecule has 0 bridgehead atoms. The van der Waals surface area contributed by atoms with Gasteiger partial charge in [-0.15, -0.1) is 0 Å². The van der Waals surface area contributed by atoms with Crippen LogP contribution in [0.4, 0.5) is 13.2 Å². The molecule has 0 aliphatic carbocycles. The van der Waals surface area contributed by atoms with Crippen LogP contribution in [0.3, 0.4) is 0 Å². The first-order valence-electron chi connectivity index (χ1n) is 3.75. The third-order valence-electron chi connectivity index (χ3n) is 2.10. The van der Waals surface area contributed by atoms with Crippen LogP contribution in [0.25, 0.3) is 0 Å². The number of rotatable bonds is 1. The van der Waals surface area contributed by atoms with E-state index in [0.717, 1.165) is 0 Å². The summed E-state index contributed by atoms with van der Waals surface area (Å²) >= 11 is 0. The van der Waals surface area contributed by atoms with Gasteiger partial charge >= 0.3 is 6.18 Å². The molecule has 1 nitrogen and oxygen atoms in total. The van der Waals surface area contributed by atoms with Crippen molar-refractivity contribution in [3.05, 3.63) is 0 Å². The van der Waals surface area contributed by atoms with Gasteiger partial charge in [-0.05, 0) is 20.3 Å². The predicted octanol–water partition coefficient (Wildman–Crippen LogP) is 2.03. The Bertz CT molecular complexity index is 141. The van der Waals surface area contributed by atoms with E-state index in [-0.39, 0.29) is 12.5 Å². The molecule has 0 aromatic rings. The highest BCUT2D eigenvalue weighted by Crippen LogP contribution is 2.34. The van der Waals surface area contributed by atoms with Crippen molar-refractivity contribution in [3.63, 3.8) is 0 Å². The fourth-order valence-corrected chi connectivity index (χ4v) is 1.38. The summed E-state index contributed by atoms with van der Waals surface area (Å²) in [5, 5.41) is 0. The van der Waals surface area contributed by atoms with Crippen molar-refractivity contribution in [1.29, 1.82) is 0 Å². The number of hydrogen-bond acceptors (Lipinski definition) is 1. The molecule has 11 heavy (non-hydrogen) atoms. The molecule has 1 atom stereocenters. The van der Waals surface area contributed by atoms with Crippen molar-refractivity contribution in [1.82, 2.24) is 4.90 Å². The zero-order chi connectivity index (χ0) is 8.65. The lowest BCUT2D eigenvalue weighted by Gasteiger charge is -2.44. The second kappa shape index (κ2) is 2.66. The van der Waals surface area contributed by atoms with Crippen molar-refractivity contribution in [2.75, 3.05) is 6.54 Å². The summed E-state index contributed by atoms with van der Waals surface area (Å²) in [5.74, 6) is 0. The Morgan fingerprint density at radius 1 is 1.36 bits per heavy atom. The Balaban J connectivity index is 2.50. The van der Waals surface area contributed by atoms with Crippen LogP contribution in [0.15, 0.2) is 0 Å². The van der Waals surface area contributed by atoms with Gasteiger partial charge in [0, 0.05) is 12.6 Å². The highest BCUT2D eigenvalue weighted by atomic mass is 19.4. The van der Waals surface area contributed by atoms with E-state index in [9.17, 15) is 13.2 Å². The molecule has 1 heterocycles. The van der Waals surface area contributed by atoms with E-state index in [0.29, 0.717) is 6.54 Å². The predicted molar refractivity (Wildman–Crippen MR) is 36.3 cm³/mol. The third kappa shape index (κ3) is 1.67. The number of alkyl halides is 3. The monoisotopic (exact) mass is 167 g/mol. The smallest absolute Gasteiger partial charge is 0.290 e. The topological polar surface area (TPSA) is 3.24 Å². The standard InChI is InChI=1S/C7H12F3N/c1-5(2)11-4-3-6(11)7(8,9)10/h5-6H,3-4H2,1-2H3/t6-/m0/s1. The molecule has 4 heteroatoms. The maximum Gasteiger partial charge on any atom is 0.404 e. The van der Waals surface area contributed by atoms with E-state index in [1.165, 1.54) is 4.90 Å². The van der Waals surface area contributed by atoms with Crippen molar-refractivity contribution in [2.24, 2.45) is 0 Å². The fourth-order valence-electron chi connectivity index (χ4n) is 1.38. The number of halogens is 3. The molecule has 1 saturated heterocycles. The lowest BCUT2D eigenvalue weighted by Crippen LogP contribution is -2.58. The van der Waals surface area contributed by atoms with E-state index < -0.39 is 12.2 Å². The van der Waals surface area contributed by atoms with Crippen LogP contribution in [0.5, 0.6) is 0 Å². The normalized spacial score (nSPS) is 27.3. The molecule has 0 aromatic carbocycles. The van der Waals surface area contributed by atoms with Gasteiger partial charge in [0.25, 0.3) is 0 Å². The van der Waals surface area contributed by atoms with E-state index in [4.69, 9.17) is 0 Å². The summed E-state index contributed by atoms with van der Waals surface area (Å²) in [5.41, 5.74) is 0. The second-order valence-electron chi connectivity index (χ2n) is 3.18. The highest BCUT2D eigenvalue weighted by Gasteiger charge is 2.49. The Morgan fingerprint density at radius 3 is 2.00 bits per heavy atom. The first-order valence-corrected chi connectivity index (χ1v) is 3.75. The lowest BCUT2D eigenvalue weighted by molar-refractivity contribution is -0.216. The van der Waals surface area contributed by atoms with Gasteiger partial charge in [-0.1, -0.05) is 0 Å². The van der Waals surface area contributed by atoms with Crippen molar-refractivity contribution >= 4 is 0 Å². The van der Waals surface area contributed by atoms with Crippen LogP contribution in [-0.2, 0) is 0 Å². The van der Waals surface area contributed by atoms with E-state index in [1.807, 2.05) is 0 Å².